The van der Waals surface area contributed by atoms with Gasteiger partial charge in [0.2, 0.25) is 0 Å². The van der Waals surface area contributed by atoms with Crippen molar-refractivity contribution in [3.05, 3.63) is 212 Å². The van der Waals surface area contributed by atoms with Crippen LogP contribution in [0.3, 0.4) is 0 Å². The van der Waals surface area contributed by atoms with Crippen LogP contribution in [0.15, 0.2) is 207 Å². The maximum Gasteiger partial charge on any atom is 0.0572 e. The number of hydrogen-bond donors (Lipinski definition) is 0. The van der Waals surface area contributed by atoms with Gasteiger partial charge in [-0.2, -0.15) is 0 Å². The Kier molecular flexibility index (Phi) is 9.22. The minimum absolute atomic E-state index is 0.960. The van der Waals surface area contributed by atoms with Crippen molar-refractivity contribution in [2.45, 2.75) is 6.92 Å². The molecule has 0 unspecified atom stereocenters. The third kappa shape index (κ3) is 6.63. The summed E-state index contributed by atoms with van der Waals surface area (Å²) in [5, 5.41) is 0. The third-order valence-electron chi connectivity index (χ3n) is 9.08. The predicted molar refractivity (Wildman–Crippen MR) is 216 cm³/mol. The number of nitrogens with zero attached hydrogens (tertiary/aromatic N) is 5. The molecule has 0 aliphatic heterocycles. The average Bonchev–Trinajstić information content (AvgIpc) is 3.22. The molecule has 0 spiro atoms. The van der Waals surface area contributed by atoms with Crippen molar-refractivity contribution in [3.8, 4) is 11.1 Å². The maximum atomic E-state index is 4.67. The molecule has 8 aromatic rings. The minimum Gasteiger partial charge on any atom is -0.311 e. The van der Waals surface area contributed by atoms with Gasteiger partial charge in [-0.15, -0.1) is 0 Å². The highest BCUT2D eigenvalue weighted by Gasteiger charge is 2.23. The Morgan fingerprint density at radius 3 is 0.962 bits per heavy atom. The van der Waals surface area contributed by atoms with Gasteiger partial charge in [-0.1, -0.05) is 90.5 Å². The normalized spacial score (nSPS) is 10.8. The van der Waals surface area contributed by atoms with E-state index in [0.717, 1.165) is 62.3 Å². The molecule has 5 heteroatoms. The molecule has 250 valence electrons. The summed E-state index contributed by atoms with van der Waals surface area (Å²) in [7, 11) is 0. The zero-order chi connectivity index (χ0) is 35.1. The molecular weight excluding hydrogens is 635 g/mol. The summed E-state index contributed by atoms with van der Waals surface area (Å²) in [5.74, 6) is 0. The molecule has 5 nitrogen and oxygen atoms in total. The van der Waals surface area contributed by atoms with Gasteiger partial charge in [-0.25, -0.2) is 0 Å². The van der Waals surface area contributed by atoms with Crippen molar-refractivity contribution >= 4 is 51.2 Å². The predicted octanol–water partition coefficient (Wildman–Crippen LogP) is 12.9. The van der Waals surface area contributed by atoms with E-state index in [4.69, 9.17) is 0 Å². The second-order valence-corrected chi connectivity index (χ2v) is 12.5. The van der Waals surface area contributed by atoms with Gasteiger partial charge in [0.15, 0.2) is 0 Å². The smallest absolute Gasteiger partial charge is 0.0572 e. The second kappa shape index (κ2) is 14.9. The van der Waals surface area contributed by atoms with Crippen molar-refractivity contribution < 1.29 is 0 Å². The highest BCUT2D eigenvalue weighted by molar-refractivity contribution is 5.95. The number of aryl methyl sites for hydroxylation is 1. The van der Waals surface area contributed by atoms with Gasteiger partial charge in [0.25, 0.3) is 0 Å². The first kappa shape index (κ1) is 32.2. The Morgan fingerprint density at radius 1 is 0.308 bits per heavy atom. The molecule has 2 heterocycles. The van der Waals surface area contributed by atoms with E-state index in [2.05, 4.69) is 189 Å². The van der Waals surface area contributed by atoms with Crippen molar-refractivity contribution in [3.63, 3.8) is 0 Å². The Hall–Kier alpha value is -6.98. The fourth-order valence-corrected chi connectivity index (χ4v) is 6.63. The Morgan fingerprint density at radius 2 is 0.596 bits per heavy atom. The molecular formula is C47H37N5. The first-order chi connectivity index (χ1) is 25.7. The van der Waals surface area contributed by atoms with Crippen molar-refractivity contribution in [1.82, 2.24) is 9.97 Å². The van der Waals surface area contributed by atoms with E-state index in [1.807, 2.05) is 49.1 Å². The molecule has 0 N–H and O–H groups in total. The van der Waals surface area contributed by atoms with Crippen LogP contribution in [0, 0.1) is 6.92 Å². The van der Waals surface area contributed by atoms with E-state index in [0.29, 0.717) is 0 Å². The van der Waals surface area contributed by atoms with Crippen LogP contribution in [-0.4, -0.2) is 9.97 Å². The standard InChI is InChI=1S/C47H37N5/c1-36-22-24-42(25-23-36)51(39-18-10-4-11-19-39)46-30-32-48-34-44(46)45-35-49-33-31-47(45)52(40-20-12-5-13-21-40)43-28-26-41(27-29-43)50(37-14-6-2-7-15-37)38-16-8-3-9-17-38/h2-35H,1H3. The SMILES string of the molecule is Cc1ccc(N(c2ccccc2)c2ccncc2-c2cnccc2N(c2ccccc2)c2ccc(N(c3ccccc3)c3ccccc3)cc2)cc1. The lowest BCUT2D eigenvalue weighted by Crippen LogP contribution is -2.14. The zero-order valence-corrected chi connectivity index (χ0v) is 28.9. The highest BCUT2D eigenvalue weighted by atomic mass is 15.2. The molecule has 0 saturated carbocycles. The van der Waals surface area contributed by atoms with E-state index >= 15 is 0 Å². The summed E-state index contributed by atoms with van der Waals surface area (Å²) in [5.41, 5.74) is 12.6. The lowest BCUT2D eigenvalue weighted by molar-refractivity contribution is 1.21. The quantitative estimate of drug-likeness (QED) is 0.145. The average molecular weight is 672 g/mol. The second-order valence-electron chi connectivity index (χ2n) is 12.5. The molecule has 0 saturated heterocycles. The zero-order valence-electron chi connectivity index (χ0n) is 28.9. The van der Waals surface area contributed by atoms with Gasteiger partial charge < -0.3 is 14.7 Å². The minimum atomic E-state index is 0.960. The van der Waals surface area contributed by atoms with Crippen LogP contribution < -0.4 is 14.7 Å². The van der Waals surface area contributed by atoms with Crippen molar-refractivity contribution in [2.75, 3.05) is 14.7 Å². The lowest BCUT2D eigenvalue weighted by Gasteiger charge is -2.31. The van der Waals surface area contributed by atoms with Crippen LogP contribution in [0.2, 0.25) is 0 Å². The van der Waals surface area contributed by atoms with Crippen LogP contribution in [-0.2, 0) is 0 Å². The first-order valence-corrected chi connectivity index (χ1v) is 17.4. The molecule has 8 rings (SSSR count). The van der Waals surface area contributed by atoms with Crippen molar-refractivity contribution in [1.29, 1.82) is 0 Å². The van der Waals surface area contributed by atoms with Crippen LogP contribution >= 0.6 is 0 Å². The van der Waals surface area contributed by atoms with E-state index in [-0.39, 0.29) is 0 Å². The summed E-state index contributed by atoms with van der Waals surface area (Å²) in [6.07, 6.45) is 7.62. The Bertz CT molecular complexity index is 2310. The molecule has 2 aromatic heterocycles. The number of rotatable bonds is 10. The summed E-state index contributed by atoms with van der Waals surface area (Å²) in [4.78, 5) is 16.2. The molecule has 0 aliphatic carbocycles. The van der Waals surface area contributed by atoms with Gasteiger partial charge in [0.1, 0.15) is 0 Å². The number of pyridine rings is 2. The van der Waals surface area contributed by atoms with Crippen LogP contribution in [0.25, 0.3) is 11.1 Å². The number of aromatic nitrogens is 2. The Balaban J connectivity index is 1.27. The van der Waals surface area contributed by atoms with Gasteiger partial charge in [-0.3, -0.25) is 9.97 Å². The largest absolute Gasteiger partial charge is 0.311 e. The molecule has 6 aromatic carbocycles. The van der Waals surface area contributed by atoms with E-state index < -0.39 is 0 Å². The first-order valence-electron chi connectivity index (χ1n) is 17.4. The summed E-state index contributed by atoms with van der Waals surface area (Å²) in [6, 6.07) is 63.5. The van der Waals surface area contributed by atoms with Crippen LogP contribution in [0.5, 0.6) is 0 Å². The third-order valence-corrected chi connectivity index (χ3v) is 9.08. The molecule has 0 amide bonds. The molecule has 52 heavy (non-hydrogen) atoms. The maximum absolute atomic E-state index is 4.67. The summed E-state index contributed by atoms with van der Waals surface area (Å²) < 4.78 is 0. The summed E-state index contributed by atoms with van der Waals surface area (Å²) in [6.45, 7) is 2.11. The van der Waals surface area contributed by atoms with Crippen LogP contribution in [0.4, 0.5) is 51.2 Å². The molecule has 0 bridgehead atoms. The topological polar surface area (TPSA) is 35.5 Å². The van der Waals surface area contributed by atoms with Gasteiger partial charge in [0.05, 0.1) is 11.4 Å². The van der Waals surface area contributed by atoms with E-state index in [1.165, 1.54) is 5.56 Å². The van der Waals surface area contributed by atoms with Gasteiger partial charge >= 0.3 is 0 Å². The van der Waals surface area contributed by atoms with Crippen molar-refractivity contribution in [2.24, 2.45) is 0 Å². The number of benzene rings is 6. The van der Waals surface area contributed by atoms with E-state index in [1.54, 1.807) is 0 Å². The molecule has 0 radical (unpaired) electrons. The van der Waals surface area contributed by atoms with Crippen LogP contribution in [0.1, 0.15) is 5.56 Å². The molecule has 0 fully saturated rings. The van der Waals surface area contributed by atoms with E-state index in [9.17, 15) is 0 Å². The Labute approximate surface area is 305 Å². The fraction of sp³-hybridized carbons (Fsp3) is 0.0213. The monoisotopic (exact) mass is 671 g/mol. The number of anilines is 9. The highest BCUT2D eigenvalue weighted by Crippen LogP contribution is 2.46. The lowest BCUT2D eigenvalue weighted by atomic mass is 10.0. The van der Waals surface area contributed by atoms with Gasteiger partial charge in [-0.05, 0) is 104 Å². The summed E-state index contributed by atoms with van der Waals surface area (Å²) >= 11 is 0. The molecule has 0 atom stereocenters. The van der Waals surface area contributed by atoms with Gasteiger partial charge in [0, 0.05) is 75.7 Å². The molecule has 0 aliphatic rings. The number of para-hydroxylation sites is 4. The number of hydrogen-bond acceptors (Lipinski definition) is 5. The fourth-order valence-electron chi connectivity index (χ4n) is 6.63.